The number of anilines is 3. The molecule has 0 unspecified atom stereocenters. The van der Waals surface area contributed by atoms with Gasteiger partial charge < -0.3 is 20.4 Å². The van der Waals surface area contributed by atoms with Gasteiger partial charge in [-0.2, -0.15) is 28.1 Å². The highest BCUT2D eigenvalue weighted by Gasteiger charge is 2.30. The van der Waals surface area contributed by atoms with Gasteiger partial charge in [0.25, 0.3) is 0 Å². The third-order valence-corrected chi connectivity index (χ3v) is 6.60. The van der Waals surface area contributed by atoms with E-state index >= 15 is 0 Å². The Balaban J connectivity index is 1.33. The highest BCUT2D eigenvalue weighted by atomic mass is 19.4. The highest BCUT2D eigenvalue weighted by Crippen LogP contribution is 2.30. The average Bonchev–Trinajstić information content (AvgIpc) is 2.92. The maximum Gasteiger partial charge on any atom is 0.416 e. The van der Waals surface area contributed by atoms with E-state index in [-0.39, 0.29) is 18.4 Å². The zero-order chi connectivity index (χ0) is 27.3. The largest absolute Gasteiger partial charge is 0.416 e. The molecule has 0 atom stereocenters. The Bertz CT molecular complexity index is 1240. The van der Waals surface area contributed by atoms with Crippen molar-refractivity contribution in [2.45, 2.75) is 32.0 Å². The lowest BCUT2D eigenvalue weighted by molar-refractivity contribution is -0.137. The maximum atomic E-state index is 12.9. The SMILES string of the molecule is CNc1nc(-c2ccc(N(C)C)cc2)nc(N2CCC(CC(=O)NCc3cccc(C(F)(F)F)c3)CC2)n1. The molecule has 8 nitrogen and oxygen atoms in total. The fraction of sp³-hybridized carbons (Fsp3) is 0.407. The van der Waals surface area contributed by atoms with Gasteiger partial charge in [0.2, 0.25) is 17.8 Å². The molecule has 0 aliphatic carbocycles. The second-order valence-electron chi connectivity index (χ2n) is 9.58. The molecule has 3 aromatic rings. The molecule has 0 bridgehead atoms. The summed E-state index contributed by atoms with van der Waals surface area (Å²) in [4.78, 5) is 30.4. The van der Waals surface area contributed by atoms with Crippen molar-refractivity contribution >= 4 is 23.5 Å². The number of carbonyl (C=O) groups is 1. The van der Waals surface area contributed by atoms with Crippen molar-refractivity contribution in [2.75, 3.05) is 49.3 Å². The molecular weight excluding hydrogens is 495 g/mol. The van der Waals surface area contributed by atoms with Crippen LogP contribution in [0.15, 0.2) is 48.5 Å². The second kappa shape index (κ2) is 11.7. The molecule has 0 saturated carbocycles. The van der Waals surface area contributed by atoms with Gasteiger partial charge in [-0.25, -0.2) is 0 Å². The fourth-order valence-corrected chi connectivity index (χ4v) is 4.39. The Kier molecular flexibility index (Phi) is 8.33. The van der Waals surface area contributed by atoms with Crippen LogP contribution in [0.2, 0.25) is 0 Å². The molecule has 1 fully saturated rings. The summed E-state index contributed by atoms with van der Waals surface area (Å²) in [6.45, 7) is 1.45. The van der Waals surface area contributed by atoms with Gasteiger partial charge in [-0.1, -0.05) is 12.1 Å². The summed E-state index contributed by atoms with van der Waals surface area (Å²) in [5, 5.41) is 5.76. The van der Waals surface area contributed by atoms with E-state index in [9.17, 15) is 18.0 Å². The molecule has 1 saturated heterocycles. The zero-order valence-electron chi connectivity index (χ0n) is 21.7. The predicted octanol–water partition coefficient (Wildman–Crippen LogP) is 4.59. The number of hydrogen-bond donors (Lipinski definition) is 2. The first kappa shape index (κ1) is 27.2. The van der Waals surface area contributed by atoms with E-state index in [4.69, 9.17) is 4.98 Å². The number of carbonyl (C=O) groups excluding carboxylic acids is 1. The Morgan fingerprint density at radius 3 is 2.39 bits per heavy atom. The molecule has 2 N–H and O–H groups in total. The normalized spacial score (nSPS) is 14.3. The number of hydrogen-bond acceptors (Lipinski definition) is 7. The summed E-state index contributed by atoms with van der Waals surface area (Å²) >= 11 is 0. The number of piperidine rings is 1. The van der Waals surface area contributed by atoms with Gasteiger partial charge in [0.05, 0.1) is 5.56 Å². The Morgan fingerprint density at radius 2 is 1.76 bits per heavy atom. The number of amides is 1. The summed E-state index contributed by atoms with van der Waals surface area (Å²) in [6.07, 6.45) is -2.51. The van der Waals surface area contributed by atoms with Crippen LogP contribution in [-0.2, 0) is 17.5 Å². The van der Waals surface area contributed by atoms with E-state index in [1.165, 1.54) is 6.07 Å². The molecule has 2 aromatic carbocycles. The maximum absolute atomic E-state index is 12.9. The second-order valence-corrected chi connectivity index (χ2v) is 9.58. The van der Waals surface area contributed by atoms with E-state index < -0.39 is 11.7 Å². The lowest BCUT2D eigenvalue weighted by Gasteiger charge is -2.32. The number of nitrogens with one attached hydrogen (secondary N) is 2. The van der Waals surface area contributed by atoms with Crippen molar-refractivity contribution in [3.63, 3.8) is 0 Å². The van der Waals surface area contributed by atoms with Gasteiger partial charge in [0.15, 0.2) is 5.82 Å². The van der Waals surface area contributed by atoms with E-state index in [1.807, 2.05) is 43.3 Å². The van der Waals surface area contributed by atoms with Crippen LogP contribution in [0.5, 0.6) is 0 Å². The van der Waals surface area contributed by atoms with Gasteiger partial charge in [0.1, 0.15) is 0 Å². The summed E-state index contributed by atoms with van der Waals surface area (Å²) in [5.74, 6) is 1.67. The van der Waals surface area contributed by atoms with Crippen LogP contribution in [0, 0.1) is 5.92 Å². The summed E-state index contributed by atoms with van der Waals surface area (Å²) in [7, 11) is 5.74. The molecular formula is C27H32F3N7O. The van der Waals surface area contributed by atoms with E-state index in [0.29, 0.717) is 42.8 Å². The minimum absolute atomic E-state index is 0.0670. The molecule has 0 spiro atoms. The van der Waals surface area contributed by atoms with Crippen molar-refractivity contribution in [2.24, 2.45) is 5.92 Å². The highest BCUT2D eigenvalue weighted by molar-refractivity contribution is 5.76. The first-order chi connectivity index (χ1) is 18.1. The third kappa shape index (κ3) is 6.90. The average molecular weight is 528 g/mol. The number of aromatic nitrogens is 3. The molecule has 1 aliphatic heterocycles. The van der Waals surface area contributed by atoms with Crippen molar-refractivity contribution in [1.82, 2.24) is 20.3 Å². The van der Waals surface area contributed by atoms with Crippen molar-refractivity contribution in [1.29, 1.82) is 0 Å². The number of nitrogens with zero attached hydrogens (tertiary/aromatic N) is 5. The summed E-state index contributed by atoms with van der Waals surface area (Å²) in [6, 6.07) is 13.0. The molecule has 1 amide bonds. The van der Waals surface area contributed by atoms with Gasteiger partial charge in [0, 0.05) is 58.4 Å². The van der Waals surface area contributed by atoms with Gasteiger partial charge >= 0.3 is 6.18 Å². The topological polar surface area (TPSA) is 86.3 Å². The van der Waals surface area contributed by atoms with Crippen molar-refractivity contribution in [3.8, 4) is 11.4 Å². The molecule has 0 radical (unpaired) electrons. The predicted molar refractivity (Wildman–Crippen MR) is 142 cm³/mol. The van der Waals surface area contributed by atoms with Crippen LogP contribution in [-0.4, -0.2) is 55.1 Å². The summed E-state index contributed by atoms with van der Waals surface area (Å²) < 4.78 is 38.7. The molecule has 2 heterocycles. The molecule has 4 rings (SSSR count). The van der Waals surface area contributed by atoms with Crippen LogP contribution in [0.1, 0.15) is 30.4 Å². The first-order valence-corrected chi connectivity index (χ1v) is 12.5. The zero-order valence-corrected chi connectivity index (χ0v) is 21.7. The smallest absolute Gasteiger partial charge is 0.378 e. The molecule has 1 aromatic heterocycles. The summed E-state index contributed by atoms with van der Waals surface area (Å²) in [5.41, 5.74) is 1.68. The quantitative estimate of drug-likeness (QED) is 0.443. The van der Waals surface area contributed by atoms with Crippen LogP contribution in [0.25, 0.3) is 11.4 Å². The first-order valence-electron chi connectivity index (χ1n) is 12.5. The van der Waals surface area contributed by atoms with Gasteiger partial charge in [-0.15, -0.1) is 0 Å². The monoisotopic (exact) mass is 527 g/mol. The van der Waals surface area contributed by atoms with E-state index in [0.717, 1.165) is 36.2 Å². The van der Waals surface area contributed by atoms with Crippen molar-refractivity contribution in [3.05, 3.63) is 59.7 Å². The Hall–Kier alpha value is -3.89. The van der Waals surface area contributed by atoms with Crippen molar-refractivity contribution < 1.29 is 18.0 Å². The van der Waals surface area contributed by atoms with Crippen LogP contribution >= 0.6 is 0 Å². The number of rotatable bonds is 8. The number of alkyl halides is 3. The van der Waals surface area contributed by atoms with Crippen LogP contribution < -0.4 is 20.4 Å². The fourth-order valence-electron chi connectivity index (χ4n) is 4.39. The van der Waals surface area contributed by atoms with E-state index in [2.05, 4.69) is 25.5 Å². The minimum atomic E-state index is -4.40. The Morgan fingerprint density at radius 1 is 1.05 bits per heavy atom. The molecule has 1 aliphatic rings. The minimum Gasteiger partial charge on any atom is -0.378 e. The van der Waals surface area contributed by atoms with Crippen LogP contribution in [0.3, 0.4) is 0 Å². The molecule has 11 heteroatoms. The lowest BCUT2D eigenvalue weighted by atomic mass is 9.93. The van der Waals surface area contributed by atoms with E-state index in [1.54, 1.807) is 13.1 Å². The third-order valence-electron chi connectivity index (χ3n) is 6.60. The standard InChI is InChI=1S/C27H32F3N7O/c1-31-25-33-24(20-7-9-22(10-8-20)36(2)3)34-26(35-25)37-13-11-18(12-14-37)16-23(38)32-17-19-5-4-6-21(15-19)27(28,29)30/h4-10,15,18H,11-14,16-17H2,1-3H3,(H,32,38)(H,31,33,34,35). The number of benzene rings is 2. The number of halogens is 3. The molecule has 202 valence electrons. The Labute approximate surface area is 220 Å². The van der Waals surface area contributed by atoms with Crippen LogP contribution in [0.4, 0.5) is 30.8 Å². The lowest BCUT2D eigenvalue weighted by Crippen LogP contribution is -2.37. The van der Waals surface area contributed by atoms with Gasteiger partial charge in [-0.3, -0.25) is 4.79 Å². The molecule has 38 heavy (non-hydrogen) atoms. The van der Waals surface area contributed by atoms with Gasteiger partial charge in [-0.05, 0) is 60.7 Å².